The zero-order valence-electron chi connectivity index (χ0n) is 13.1. The summed E-state index contributed by atoms with van der Waals surface area (Å²) in [5, 5.41) is 7.10. The van der Waals surface area contributed by atoms with E-state index in [4.69, 9.17) is 23.8 Å². The molecule has 25 heavy (non-hydrogen) atoms. The monoisotopic (exact) mass is 388 g/mol. The second kappa shape index (κ2) is 8.92. The molecule has 0 bridgehead atoms. The van der Waals surface area contributed by atoms with Gasteiger partial charge in [0, 0.05) is 18.1 Å². The third-order valence-corrected chi connectivity index (χ3v) is 3.74. The van der Waals surface area contributed by atoms with Crippen LogP contribution in [0.25, 0.3) is 0 Å². The van der Waals surface area contributed by atoms with Crippen molar-refractivity contribution in [2.45, 2.75) is 19.3 Å². The van der Waals surface area contributed by atoms with E-state index >= 15 is 0 Å². The van der Waals surface area contributed by atoms with E-state index in [0.717, 1.165) is 12.0 Å². The molecule has 2 aromatic carbocycles. The summed E-state index contributed by atoms with van der Waals surface area (Å²) in [7, 11) is 0. The van der Waals surface area contributed by atoms with Crippen LogP contribution in [0, 0.1) is 0 Å². The molecule has 3 nitrogen and oxygen atoms in total. The Morgan fingerprint density at radius 1 is 1.04 bits per heavy atom. The first kappa shape index (κ1) is 19.3. The predicted octanol–water partition coefficient (Wildman–Crippen LogP) is 4.45. The Morgan fingerprint density at radius 2 is 1.76 bits per heavy atom. The molecule has 0 radical (unpaired) electrons. The van der Waals surface area contributed by atoms with E-state index in [2.05, 4.69) is 15.4 Å². The lowest BCUT2D eigenvalue weighted by atomic mass is 10.1. The number of benzene rings is 2. The zero-order valence-corrected chi connectivity index (χ0v) is 14.6. The average Bonchev–Trinajstić information content (AvgIpc) is 2.54. The fourth-order valence-corrected chi connectivity index (χ4v) is 2.37. The third kappa shape index (κ3) is 7.62. The molecule has 0 atom stereocenters. The van der Waals surface area contributed by atoms with Gasteiger partial charge in [-0.15, -0.1) is 13.2 Å². The maximum atomic E-state index is 12.2. The van der Waals surface area contributed by atoms with Crippen molar-refractivity contribution in [2.75, 3.05) is 6.54 Å². The van der Waals surface area contributed by atoms with Crippen LogP contribution < -0.4 is 15.4 Å². The highest BCUT2D eigenvalue weighted by Gasteiger charge is 2.31. The molecule has 2 aromatic rings. The summed E-state index contributed by atoms with van der Waals surface area (Å²) in [6.45, 7) is 0.923. The lowest BCUT2D eigenvalue weighted by Gasteiger charge is -2.12. The smallest absolute Gasteiger partial charge is 0.406 e. The number of ether oxygens (including phenoxy) is 1. The molecular formula is C17H16ClF3N2OS. The summed E-state index contributed by atoms with van der Waals surface area (Å²) in [6, 6.07) is 13.3. The number of hydrogen-bond donors (Lipinski definition) is 2. The Hall–Kier alpha value is -1.99. The van der Waals surface area contributed by atoms with E-state index in [1.54, 1.807) is 6.07 Å². The third-order valence-electron chi connectivity index (χ3n) is 3.20. The van der Waals surface area contributed by atoms with Crippen molar-refractivity contribution in [1.82, 2.24) is 10.6 Å². The maximum Gasteiger partial charge on any atom is 0.573 e. The molecule has 0 fully saturated rings. The normalized spacial score (nSPS) is 11.0. The molecule has 0 amide bonds. The van der Waals surface area contributed by atoms with Crippen LogP contribution >= 0.6 is 23.8 Å². The van der Waals surface area contributed by atoms with Crippen molar-refractivity contribution >= 4 is 28.9 Å². The SMILES string of the molecule is FC(F)(F)Oc1cccc(CNC(=S)NCCc2ccc(Cl)cc2)c1. The van der Waals surface area contributed by atoms with Crippen LogP contribution in [0.15, 0.2) is 48.5 Å². The van der Waals surface area contributed by atoms with Crippen molar-refractivity contribution in [3.8, 4) is 5.75 Å². The van der Waals surface area contributed by atoms with Crippen LogP contribution in [-0.4, -0.2) is 18.0 Å². The van der Waals surface area contributed by atoms with E-state index < -0.39 is 6.36 Å². The number of halogens is 4. The van der Waals surface area contributed by atoms with Gasteiger partial charge in [-0.3, -0.25) is 0 Å². The van der Waals surface area contributed by atoms with Gasteiger partial charge in [0.15, 0.2) is 5.11 Å². The van der Waals surface area contributed by atoms with Gasteiger partial charge in [0.25, 0.3) is 0 Å². The van der Waals surface area contributed by atoms with Crippen molar-refractivity contribution in [3.63, 3.8) is 0 Å². The first-order valence-corrected chi connectivity index (χ1v) is 8.21. The first-order chi connectivity index (χ1) is 11.8. The van der Waals surface area contributed by atoms with Gasteiger partial charge in [0.05, 0.1) is 0 Å². The van der Waals surface area contributed by atoms with Crippen molar-refractivity contribution < 1.29 is 17.9 Å². The minimum atomic E-state index is -4.70. The average molecular weight is 389 g/mol. The van der Waals surface area contributed by atoms with Gasteiger partial charge >= 0.3 is 6.36 Å². The fourth-order valence-electron chi connectivity index (χ4n) is 2.07. The molecule has 8 heteroatoms. The molecule has 0 aliphatic rings. The Labute approximate surface area is 154 Å². The van der Waals surface area contributed by atoms with Gasteiger partial charge in [-0.25, -0.2) is 0 Å². The summed E-state index contributed by atoms with van der Waals surface area (Å²) in [5.74, 6) is -0.256. The molecule has 0 unspecified atom stereocenters. The van der Waals surface area contributed by atoms with Crippen LogP contribution in [0.3, 0.4) is 0 Å². The fraction of sp³-hybridized carbons (Fsp3) is 0.235. The summed E-state index contributed by atoms with van der Waals surface area (Å²) < 4.78 is 40.5. The highest BCUT2D eigenvalue weighted by molar-refractivity contribution is 7.80. The lowest BCUT2D eigenvalue weighted by molar-refractivity contribution is -0.274. The molecule has 0 saturated heterocycles. The predicted molar refractivity (Wildman–Crippen MR) is 95.7 cm³/mol. The number of hydrogen-bond acceptors (Lipinski definition) is 2. The van der Waals surface area contributed by atoms with E-state index in [-0.39, 0.29) is 5.75 Å². The van der Waals surface area contributed by atoms with Gasteiger partial charge in [-0.2, -0.15) is 0 Å². The highest BCUT2D eigenvalue weighted by atomic mass is 35.5. The van der Waals surface area contributed by atoms with E-state index in [1.807, 2.05) is 24.3 Å². The standard InChI is InChI=1S/C17H16ClF3N2OS/c18-14-6-4-12(5-7-14)8-9-22-16(25)23-11-13-2-1-3-15(10-13)24-17(19,20)21/h1-7,10H,8-9,11H2,(H2,22,23,25). The Bertz CT molecular complexity index is 708. The van der Waals surface area contributed by atoms with Crippen LogP contribution in [0.5, 0.6) is 5.75 Å². The summed E-state index contributed by atoms with van der Waals surface area (Å²) in [5.41, 5.74) is 1.75. The molecule has 134 valence electrons. The number of nitrogens with one attached hydrogen (secondary N) is 2. The molecule has 2 N–H and O–H groups in total. The lowest BCUT2D eigenvalue weighted by Crippen LogP contribution is -2.35. The Balaban J connectivity index is 1.74. The quantitative estimate of drug-likeness (QED) is 0.716. The van der Waals surface area contributed by atoms with Gasteiger partial charge in [0.2, 0.25) is 0 Å². The molecule has 0 aromatic heterocycles. The number of alkyl halides is 3. The molecule has 0 saturated carbocycles. The highest BCUT2D eigenvalue weighted by Crippen LogP contribution is 2.23. The molecular weight excluding hydrogens is 373 g/mol. The molecule has 0 spiro atoms. The molecule has 0 aliphatic heterocycles. The van der Waals surface area contributed by atoms with Crippen molar-refractivity contribution in [1.29, 1.82) is 0 Å². The summed E-state index contributed by atoms with van der Waals surface area (Å²) in [6.07, 6.45) is -3.93. The Kier molecular flexibility index (Phi) is 6.90. The second-order valence-corrected chi connectivity index (χ2v) is 6.03. The van der Waals surface area contributed by atoms with Crippen LogP contribution in [-0.2, 0) is 13.0 Å². The largest absolute Gasteiger partial charge is 0.573 e. The van der Waals surface area contributed by atoms with Gasteiger partial charge in [-0.1, -0.05) is 35.9 Å². The van der Waals surface area contributed by atoms with Crippen molar-refractivity contribution in [3.05, 3.63) is 64.7 Å². The second-order valence-electron chi connectivity index (χ2n) is 5.18. The van der Waals surface area contributed by atoms with E-state index in [1.165, 1.54) is 18.2 Å². The number of thiocarbonyl (C=S) groups is 1. The van der Waals surface area contributed by atoms with Gasteiger partial charge in [-0.05, 0) is 54.0 Å². The van der Waals surface area contributed by atoms with Crippen LogP contribution in [0.4, 0.5) is 13.2 Å². The van der Waals surface area contributed by atoms with Crippen molar-refractivity contribution in [2.24, 2.45) is 0 Å². The van der Waals surface area contributed by atoms with Gasteiger partial charge < -0.3 is 15.4 Å². The van der Waals surface area contributed by atoms with Crippen LogP contribution in [0.1, 0.15) is 11.1 Å². The minimum absolute atomic E-state index is 0.256. The number of rotatable bonds is 6. The topological polar surface area (TPSA) is 33.3 Å². The molecule has 2 rings (SSSR count). The summed E-state index contributed by atoms with van der Waals surface area (Å²) in [4.78, 5) is 0. The van der Waals surface area contributed by atoms with Crippen LogP contribution in [0.2, 0.25) is 5.02 Å². The van der Waals surface area contributed by atoms with Gasteiger partial charge in [0.1, 0.15) is 5.75 Å². The zero-order chi connectivity index (χ0) is 18.3. The minimum Gasteiger partial charge on any atom is -0.406 e. The maximum absolute atomic E-state index is 12.2. The summed E-state index contributed by atoms with van der Waals surface area (Å²) >= 11 is 11.0. The van der Waals surface area contributed by atoms with E-state index in [0.29, 0.717) is 28.8 Å². The first-order valence-electron chi connectivity index (χ1n) is 7.43. The molecule has 0 heterocycles. The van der Waals surface area contributed by atoms with E-state index in [9.17, 15) is 13.2 Å². The molecule has 0 aliphatic carbocycles. The Morgan fingerprint density at radius 3 is 2.44 bits per heavy atom.